The van der Waals surface area contributed by atoms with Crippen molar-refractivity contribution in [3.63, 3.8) is 0 Å². The van der Waals surface area contributed by atoms with E-state index in [1.165, 1.54) is 0 Å². The van der Waals surface area contributed by atoms with E-state index >= 15 is 0 Å². The molecule has 0 aliphatic heterocycles. The van der Waals surface area contributed by atoms with Crippen LogP contribution in [-0.2, 0) is 12.6 Å². The molecular weight excluding hydrogens is 241 g/mol. The predicted molar refractivity (Wildman–Crippen MR) is 57.9 cm³/mol. The highest BCUT2D eigenvalue weighted by Crippen LogP contribution is 2.31. The topological polar surface area (TPSA) is 47.9 Å². The van der Waals surface area contributed by atoms with Gasteiger partial charge in [-0.2, -0.15) is 13.2 Å². The van der Waals surface area contributed by atoms with Gasteiger partial charge in [-0.3, -0.25) is 4.98 Å². The minimum absolute atomic E-state index is 0. The highest BCUT2D eigenvalue weighted by atomic mass is 35.5. The molecule has 0 fully saturated rings. The molecule has 0 unspecified atom stereocenters. The maximum Gasteiger partial charge on any atom is 0.417 e. The first kappa shape index (κ1) is 15.2. The fourth-order valence-corrected chi connectivity index (χ4v) is 1.41. The average Bonchev–Trinajstić information content (AvgIpc) is 2.14. The summed E-state index contributed by atoms with van der Waals surface area (Å²) in [5, 5.41) is 0.0956. The van der Waals surface area contributed by atoms with E-state index in [9.17, 15) is 13.2 Å². The molecule has 0 bridgehead atoms. The van der Waals surface area contributed by atoms with Crippen molar-refractivity contribution < 1.29 is 13.2 Å². The first-order chi connectivity index (χ1) is 6.95. The fourth-order valence-electron chi connectivity index (χ4n) is 1.15. The van der Waals surface area contributed by atoms with E-state index in [0.717, 1.165) is 25.1 Å². The third-order valence-corrected chi connectivity index (χ3v) is 2.34. The summed E-state index contributed by atoms with van der Waals surface area (Å²) >= 11 is 5.71. The summed E-state index contributed by atoms with van der Waals surface area (Å²) in [7, 11) is 0. The van der Waals surface area contributed by atoms with Crippen molar-refractivity contribution in [2.75, 3.05) is 0 Å². The number of alkyl halides is 3. The highest BCUT2D eigenvalue weighted by Gasteiger charge is 2.31. The van der Waals surface area contributed by atoms with Crippen LogP contribution < -0.4 is 6.15 Å². The Balaban J connectivity index is 0.00000225. The van der Waals surface area contributed by atoms with Crippen LogP contribution in [0.5, 0.6) is 0 Å². The average molecular weight is 255 g/mol. The summed E-state index contributed by atoms with van der Waals surface area (Å²) in [4.78, 5) is 3.73. The van der Waals surface area contributed by atoms with Gasteiger partial charge in [0.05, 0.1) is 16.3 Å². The second-order valence-electron chi connectivity index (χ2n) is 3.25. The van der Waals surface area contributed by atoms with Gasteiger partial charge in [0, 0.05) is 6.20 Å². The van der Waals surface area contributed by atoms with Crippen molar-refractivity contribution in [1.29, 1.82) is 0 Å². The largest absolute Gasteiger partial charge is 0.417 e. The third-order valence-electron chi connectivity index (χ3n) is 2.01. The van der Waals surface area contributed by atoms with Crippen LogP contribution >= 0.6 is 11.6 Å². The number of halogens is 4. The lowest BCUT2D eigenvalue weighted by Gasteiger charge is -2.08. The van der Waals surface area contributed by atoms with E-state index in [2.05, 4.69) is 4.98 Å². The zero-order valence-corrected chi connectivity index (χ0v) is 9.70. The van der Waals surface area contributed by atoms with Gasteiger partial charge in [0.15, 0.2) is 0 Å². The number of hydrogen-bond acceptors (Lipinski definition) is 2. The van der Waals surface area contributed by atoms with Crippen molar-refractivity contribution >= 4 is 11.6 Å². The Morgan fingerprint density at radius 2 is 2.00 bits per heavy atom. The van der Waals surface area contributed by atoms with Crippen LogP contribution in [-0.4, -0.2) is 4.98 Å². The lowest BCUT2D eigenvalue weighted by Crippen LogP contribution is -2.06. The maximum atomic E-state index is 12.3. The lowest BCUT2D eigenvalue weighted by atomic mass is 10.1. The minimum Gasteiger partial charge on any atom is -0.344 e. The van der Waals surface area contributed by atoms with Crippen LogP contribution in [0, 0.1) is 0 Å². The monoisotopic (exact) mass is 254 g/mol. The van der Waals surface area contributed by atoms with Gasteiger partial charge in [0.2, 0.25) is 0 Å². The summed E-state index contributed by atoms with van der Waals surface area (Å²) in [5.41, 5.74) is -0.265. The summed E-state index contributed by atoms with van der Waals surface area (Å²) in [6, 6.07) is 0.930. The Kier molecular flexibility index (Phi) is 5.75. The van der Waals surface area contributed by atoms with Gasteiger partial charge >= 0.3 is 6.18 Å². The molecule has 0 saturated heterocycles. The van der Waals surface area contributed by atoms with Crippen molar-refractivity contribution in [2.24, 2.45) is 0 Å². The predicted octanol–water partition coefficient (Wildman–Crippen LogP) is 4.26. The molecule has 0 spiro atoms. The van der Waals surface area contributed by atoms with Crippen LogP contribution in [0.3, 0.4) is 0 Å². The summed E-state index contributed by atoms with van der Waals surface area (Å²) < 4.78 is 36.8. The van der Waals surface area contributed by atoms with Crippen LogP contribution in [0.1, 0.15) is 31.0 Å². The summed E-state index contributed by atoms with van der Waals surface area (Å²) in [5.74, 6) is 0. The molecule has 1 rings (SSSR count). The van der Waals surface area contributed by atoms with Crippen LogP contribution in [0.25, 0.3) is 0 Å². The molecule has 6 heteroatoms. The second kappa shape index (κ2) is 6.06. The molecule has 0 atom stereocenters. The zero-order valence-electron chi connectivity index (χ0n) is 8.94. The number of pyridine rings is 1. The number of aromatic nitrogens is 1. The van der Waals surface area contributed by atoms with Crippen molar-refractivity contribution in [3.05, 3.63) is 28.5 Å². The van der Waals surface area contributed by atoms with Crippen LogP contribution in [0.4, 0.5) is 13.2 Å². The van der Waals surface area contributed by atoms with Crippen molar-refractivity contribution in [3.8, 4) is 0 Å². The number of hydrogen-bond donors (Lipinski definition) is 1. The van der Waals surface area contributed by atoms with Crippen LogP contribution in [0.2, 0.25) is 5.02 Å². The molecule has 0 amide bonds. The molecule has 1 aromatic heterocycles. The molecule has 0 radical (unpaired) electrons. The van der Waals surface area contributed by atoms with Gasteiger partial charge < -0.3 is 6.15 Å². The molecule has 0 aliphatic rings. The van der Waals surface area contributed by atoms with Crippen LogP contribution in [0.15, 0.2) is 12.3 Å². The Labute approximate surface area is 97.4 Å². The van der Waals surface area contributed by atoms with Gasteiger partial charge in [0.1, 0.15) is 0 Å². The standard InChI is InChI=1S/C10H11ClF3N.H3N/c1-2-3-4-9-8(11)5-7(6-15-9)10(12,13)14;/h5-6H,2-4H2,1H3;1H3. The molecule has 0 aliphatic carbocycles. The zero-order chi connectivity index (χ0) is 11.5. The van der Waals surface area contributed by atoms with Gasteiger partial charge in [-0.1, -0.05) is 24.9 Å². The van der Waals surface area contributed by atoms with E-state index in [1.807, 2.05) is 6.92 Å². The Hall–Kier alpha value is -0.810. The van der Waals surface area contributed by atoms with E-state index in [1.54, 1.807) is 0 Å². The number of rotatable bonds is 3. The Morgan fingerprint density at radius 3 is 2.44 bits per heavy atom. The fraction of sp³-hybridized carbons (Fsp3) is 0.500. The summed E-state index contributed by atoms with van der Waals surface area (Å²) in [6.45, 7) is 2.00. The molecule has 2 nitrogen and oxygen atoms in total. The van der Waals surface area contributed by atoms with Crippen molar-refractivity contribution in [2.45, 2.75) is 32.4 Å². The SMILES string of the molecule is CCCCc1ncc(C(F)(F)F)cc1Cl.N. The minimum atomic E-state index is -4.38. The smallest absolute Gasteiger partial charge is 0.344 e. The molecule has 1 aromatic rings. The molecule has 92 valence electrons. The Bertz CT molecular complexity index is 339. The maximum absolute atomic E-state index is 12.3. The normalized spacial score (nSPS) is 11.1. The molecule has 3 N–H and O–H groups in total. The molecule has 1 heterocycles. The van der Waals surface area contributed by atoms with E-state index < -0.39 is 11.7 Å². The van der Waals surface area contributed by atoms with E-state index in [-0.39, 0.29) is 11.2 Å². The molecule has 0 saturated carbocycles. The highest BCUT2D eigenvalue weighted by molar-refractivity contribution is 6.31. The molecule has 16 heavy (non-hydrogen) atoms. The molecular formula is C10H14ClF3N2. The van der Waals surface area contributed by atoms with Gasteiger partial charge in [-0.25, -0.2) is 0 Å². The quantitative estimate of drug-likeness (QED) is 0.876. The van der Waals surface area contributed by atoms with Gasteiger partial charge in [0.25, 0.3) is 0 Å². The lowest BCUT2D eigenvalue weighted by molar-refractivity contribution is -0.137. The first-order valence-electron chi connectivity index (χ1n) is 4.66. The van der Waals surface area contributed by atoms with Crippen molar-refractivity contribution in [1.82, 2.24) is 11.1 Å². The number of nitrogens with zero attached hydrogens (tertiary/aromatic N) is 1. The third kappa shape index (κ3) is 3.98. The van der Waals surface area contributed by atoms with Gasteiger partial charge in [-0.15, -0.1) is 0 Å². The molecule has 0 aromatic carbocycles. The summed E-state index contributed by atoms with van der Waals surface area (Å²) in [6.07, 6.45) is -1.10. The number of unbranched alkanes of at least 4 members (excludes halogenated alkanes) is 1. The van der Waals surface area contributed by atoms with E-state index in [4.69, 9.17) is 11.6 Å². The van der Waals surface area contributed by atoms with E-state index in [0.29, 0.717) is 12.1 Å². The Morgan fingerprint density at radius 1 is 1.38 bits per heavy atom. The second-order valence-corrected chi connectivity index (χ2v) is 3.66. The van der Waals surface area contributed by atoms with Gasteiger partial charge in [-0.05, 0) is 18.9 Å². The first-order valence-corrected chi connectivity index (χ1v) is 5.04. The number of aryl methyl sites for hydroxylation is 1.